The summed E-state index contributed by atoms with van der Waals surface area (Å²) in [7, 11) is 1.80. The van der Waals surface area contributed by atoms with E-state index in [0.717, 1.165) is 0 Å². The molecular formula is C7H11N5. The summed E-state index contributed by atoms with van der Waals surface area (Å²) in [5.74, 6) is 0.779. The number of hydrogen-bond donors (Lipinski definition) is 2. The van der Waals surface area contributed by atoms with Crippen LogP contribution in [0.1, 0.15) is 0 Å². The van der Waals surface area contributed by atoms with Crippen LogP contribution in [0.15, 0.2) is 34.3 Å². The van der Waals surface area contributed by atoms with Gasteiger partial charge < -0.3 is 16.4 Å². The highest BCUT2D eigenvalue weighted by Crippen LogP contribution is 2.09. The number of aliphatic imine (C=N–C) groups is 2. The molecule has 12 heavy (non-hydrogen) atoms. The molecule has 0 spiro atoms. The molecule has 1 aliphatic rings. The third kappa shape index (κ3) is 1.29. The van der Waals surface area contributed by atoms with Crippen LogP contribution in [0.3, 0.4) is 0 Å². The topological polar surface area (TPSA) is 80.0 Å². The lowest BCUT2D eigenvalue weighted by Crippen LogP contribution is -2.25. The minimum absolute atomic E-state index is 0.163. The number of rotatable bonds is 1. The van der Waals surface area contributed by atoms with Gasteiger partial charge >= 0.3 is 0 Å². The molecule has 4 N–H and O–H groups in total. The van der Waals surface area contributed by atoms with E-state index in [1.54, 1.807) is 18.1 Å². The van der Waals surface area contributed by atoms with Gasteiger partial charge in [0, 0.05) is 7.05 Å². The molecule has 0 aliphatic carbocycles. The predicted molar refractivity (Wildman–Crippen MR) is 49.3 cm³/mol. The highest BCUT2D eigenvalue weighted by Gasteiger charge is 2.15. The van der Waals surface area contributed by atoms with Crippen molar-refractivity contribution in [2.45, 2.75) is 0 Å². The number of likely N-dealkylation sites (N-methyl/N-ethyl adjacent to an activating group) is 1. The lowest BCUT2D eigenvalue weighted by Gasteiger charge is -2.13. The van der Waals surface area contributed by atoms with E-state index in [2.05, 4.69) is 16.6 Å². The molecule has 0 radical (unpaired) electrons. The third-order valence-corrected chi connectivity index (χ3v) is 1.46. The van der Waals surface area contributed by atoms with Crippen molar-refractivity contribution in [3.8, 4) is 0 Å². The molecule has 0 unspecified atom stereocenters. The standard InChI is InChI=1S/C7H11N5/c1-3-12(2)7-5(6(8)9)10-4-11-7/h3-4H,1,8-9H2,2H3. The van der Waals surface area contributed by atoms with Gasteiger partial charge in [0.2, 0.25) is 0 Å². The van der Waals surface area contributed by atoms with Gasteiger partial charge in [-0.3, -0.25) is 0 Å². The zero-order valence-corrected chi connectivity index (χ0v) is 6.86. The van der Waals surface area contributed by atoms with Gasteiger partial charge in [-0.05, 0) is 6.20 Å². The maximum atomic E-state index is 5.38. The molecular weight excluding hydrogens is 154 g/mol. The molecule has 0 bridgehead atoms. The molecule has 1 rings (SSSR count). The quantitative estimate of drug-likeness (QED) is 0.554. The Balaban J connectivity index is 2.96. The van der Waals surface area contributed by atoms with E-state index in [1.165, 1.54) is 6.34 Å². The number of nitrogens with zero attached hydrogens (tertiary/aromatic N) is 3. The van der Waals surface area contributed by atoms with Gasteiger partial charge in [-0.25, -0.2) is 9.98 Å². The fraction of sp³-hybridized carbons (Fsp3) is 0.143. The van der Waals surface area contributed by atoms with E-state index >= 15 is 0 Å². The van der Waals surface area contributed by atoms with Crippen molar-refractivity contribution in [2.24, 2.45) is 21.5 Å². The molecule has 5 nitrogen and oxygen atoms in total. The summed E-state index contributed by atoms with van der Waals surface area (Å²) in [5.41, 5.74) is 11.3. The van der Waals surface area contributed by atoms with Gasteiger partial charge in [0.25, 0.3) is 0 Å². The minimum Gasteiger partial charge on any atom is -0.384 e. The van der Waals surface area contributed by atoms with E-state index < -0.39 is 0 Å². The second-order valence-corrected chi connectivity index (χ2v) is 2.29. The predicted octanol–water partition coefficient (Wildman–Crippen LogP) is -0.411. The van der Waals surface area contributed by atoms with E-state index in [4.69, 9.17) is 11.5 Å². The number of nitrogens with two attached hydrogens (primary N) is 2. The normalized spacial score (nSPS) is 14.4. The second kappa shape index (κ2) is 3.08. The van der Waals surface area contributed by atoms with Crippen LogP contribution >= 0.6 is 0 Å². The molecule has 5 heteroatoms. The van der Waals surface area contributed by atoms with Crippen molar-refractivity contribution in [1.82, 2.24) is 4.90 Å². The molecule has 0 fully saturated rings. The first-order valence-electron chi connectivity index (χ1n) is 3.38. The van der Waals surface area contributed by atoms with Gasteiger partial charge in [-0.15, -0.1) is 0 Å². The van der Waals surface area contributed by atoms with Crippen LogP contribution in [0.5, 0.6) is 0 Å². The van der Waals surface area contributed by atoms with Crippen LogP contribution in [-0.4, -0.2) is 24.1 Å². The summed E-state index contributed by atoms with van der Waals surface area (Å²) in [4.78, 5) is 9.56. The molecule has 64 valence electrons. The summed E-state index contributed by atoms with van der Waals surface area (Å²) >= 11 is 0. The van der Waals surface area contributed by atoms with Crippen LogP contribution in [0, 0.1) is 0 Å². The Hall–Kier alpha value is -1.78. The van der Waals surface area contributed by atoms with E-state index in [9.17, 15) is 0 Å². The van der Waals surface area contributed by atoms with Gasteiger partial charge in [0.15, 0.2) is 5.84 Å². The van der Waals surface area contributed by atoms with Crippen molar-refractivity contribution in [1.29, 1.82) is 0 Å². The first kappa shape index (κ1) is 8.32. The second-order valence-electron chi connectivity index (χ2n) is 2.29. The first-order chi connectivity index (χ1) is 5.66. The Morgan fingerprint density at radius 3 is 2.83 bits per heavy atom. The van der Waals surface area contributed by atoms with Gasteiger partial charge in [-0.2, -0.15) is 0 Å². The maximum absolute atomic E-state index is 5.38. The molecule has 0 aromatic carbocycles. The average Bonchev–Trinajstić information content (AvgIpc) is 2.50. The largest absolute Gasteiger partial charge is 0.384 e. The van der Waals surface area contributed by atoms with Crippen LogP contribution in [0.2, 0.25) is 0 Å². The highest BCUT2D eigenvalue weighted by molar-refractivity contribution is 6.06. The van der Waals surface area contributed by atoms with Crippen LogP contribution in [0.25, 0.3) is 0 Å². The average molecular weight is 165 g/mol. The summed E-state index contributed by atoms with van der Waals surface area (Å²) in [6, 6.07) is 0. The van der Waals surface area contributed by atoms with Crippen molar-refractivity contribution in [3.05, 3.63) is 24.3 Å². The van der Waals surface area contributed by atoms with Crippen LogP contribution < -0.4 is 11.5 Å². The molecule has 0 aromatic heterocycles. The Labute approximate surface area is 70.8 Å². The number of hydrogen-bond acceptors (Lipinski definition) is 5. The molecule has 0 saturated carbocycles. The summed E-state index contributed by atoms with van der Waals surface area (Å²) < 4.78 is 0. The van der Waals surface area contributed by atoms with Crippen molar-refractivity contribution >= 4 is 12.2 Å². The molecule has 0 saturated heterocycles. The fourth-order valence-electron chi connectivity index (χ4n) is 0.808. The monoisotopic (exact) mass is 165 g/mol. The summed E-state index contributed by atoms with van der Waals surface area (Å²) in [6.07, 6.45) is 3.01. The van der Waals surface area contributed by atoms with Gasteiger partial charge in [0.05, 0.1) is 0 Å². The van der Waals surface area contributed by atoms with E-state index in [1.807, 2.05) is 0 Å². The number of amidine groups is 1. The third-order valence-electron chi connectivity index (χ3n) is 1.46. The van der Waals surface area contributed by atoms with E-state index in [-0.39, 0.29) is 5.82 Å². The molecule has 0 amide bonds. The zero-order chi connectivity index (χ0) is 9.14. The fourth-order valence-corrected chi connectivity index (χ4v) is 0.808. The zero-order valence-electron chi connectivity index (χ0n) is 6.86. The minimum atomic E-state index is 0.163. The van der Waals surface area contributed by atoms with Gasteiger partial charge in [0.1, 0.15) is 17.9 Å². The molecule has 1 aliphatic heterocycles. The smallest absolute Gasteiger partial charge is 0.163 e. The Bertz CT molecular complexity index is 282. The molecule has 1 heterocycles. The van der Waals surface area contributed by atoms with Crippen molar-refractivity contribution in [2.75, 3.05) is 7.05 Å². The molecule has 0 atom stereocenters. The van der Waals surface area contributed by atoms with Crippen LogP contribution in [0.4, 0.5) is 0 Å². The van der Waals surface area contributed by atoms with Gasteiger partial charge in [-0.1, -0.05) is 6.58 Å². The van der Waals surface area contributed by atoms with Crippen LogP contribution in [-0.2, 0) is 0 Å². The Morgan fingerprint density at radius 2 is 2.33 bits per heavy atom. The summed E-state index contributed by atoms with van der Waals surface area (Å²) in [5, 5.41) is 0. The lowest BCUT2D eigenvalue weighted by atomic mass is 10.4. The lowest BCUT2D eigenvalue weighted by molar-refractivity contribution is 0.691. The molecule has 0 aromatic rings. The Kier molecular flexibility index (Phi) is 2.14. The van der Waals surface area contributed by atoms with Crippen molar-refractivity contribution in [3.63, 3.8) is 0 Å². The first-order valence-corrected chi connectivity index (χ1v) is 3.38. The summed E-state index contributed by atoms with van der Waals surface area (Å²) in [6.45, 7) is 3.58. The SMILES string of the molecule is C=CN(C)C1=NC=NC1=C(N)N. The highest BCUT2D eigenvalue weighted by atomic mass is 15.2. The van der Waals surface area contributed by atoms with Crippen molar-refractivity contribution < 1.29 is 0 Å². The Morgan fingerprint density at radius 1 is 1.67 bits per heavy atom. The maximum Gasteiger partial charge on any atom is 0.163 e. The van der Waals surface area contributed by atoms with E-state index in [0.29, 0.717) is 11.5 Å².